The lowest BCUT2D eigenvalue weighted by Crippen LogP contribution is -2.42. The largest absolute Gasteiger partial charge is 0.497 e. The van der Waals surface area contributed by atoms with Gasteiger partial charge in [-0.15, -0.1) is 0 Å². The molecular weight excluding hydrogens is 438 g/mol. The zero-order chi connectivity index (χ0) is 23.3. The molecule has 2 aliphatic rings. The Morgan fingerprint density at radius 1 is 0.939 bits per heavy atom. The summed E-state index contributed by atoms with van der Waals surface area (Å²) in [5.41, 5.74) is 2.38. The monoisotopic (exact) mass is 471 g/mol. The summed E-state index contributed by atoms with van der Waals surface area (Å²) in [7, 11) is -2.02. The number of carbonyl (C=O) groups excluding carboxylic acids is 1. The van der Waals surface area contributed by atoms with Crippen molar-refractivity contribution >= 4 is 15.9 Å². The Hall–Kier alpha value is -2.42. The van der Waals surface area contributed by atoms with Crippen LogP contribution in [0.4, 0.5) is 0 Å². The molecule has 1 N–H and O–H groups in total. The summed E-state index contributed by atoms with van der Waals surface area (Å²) in [5.74, 6) is 0.449. The highest BCUT2D eigenvalue weighted by molar-refractivity contribution is 7.89. The summed E-state index contributed by atoms with van der Waals surface area (Å²) in [6.07, 6.45) is 3.62. The van der Waals surface area contributed by atoms with E-state index in [-0.39, 0.29) is 16.7 Å². The fourth-order valence-electron chi connectivity index (χ4n) is 4.55. The summed E-state index contributed by atoms with van der Waals surface area (Å²) in [4.78, 5) is 15.4. The van der Waals surface area contributed by atoms with Gasteiger partial charge in [0.05, 0.1) is 12.0 Å². The van der Waals surface area contributed by atoms with Crippen LogP contribution in [0, 0.1) is 5.92 Å². The standard InChI is InChI=1S/C25H33N3O4S/c1-32-23-8-10-24(11-9-23)33(30,31)28-16-12-22(13-17-28)25(29)26-18-20-4-6-21(7-5-20)19-27-14-2-3-15-27/h4-11,22H,2-3,12-19H2,1H3,(H,26,29). The zero-order valence-corrected chi connectivity index (χ0v) is 20.0. The minimum Gasteiger partial charge on any atom is -0.497 e. The first kappa shape index (κ1) is 23.7. The molecule has 7 nitrogen and oxygen atoms in total. The van der Waals surface area contributed by atoms with Crippen molar-refractivity contribution in [3.8, 4) is 5.75 Å². The van der Waals surface area contributed by atoms with Crippen LogP contribution in [-0.4, -0.2) is 56.8 Å². The lowest BCUT2D eigenvalue weighted by Gasteiger charge is -2.30. The molecule has 2 aliphatic heterocycles. The van der Waals surface area contributed by atoms with Crippen molar-refractivity contribution in [2.45, 2.75) is 43.7 Å². The van der Waals surface area contributed by atoms with Crippen LogP contribution in [0.5, 0.6) is 5.75 Å². The van der Waals surface area contributed by atoms with Crippen LogP contribution >= 0.6 is 0 Å². The third kappa shape index (κ3) is 5.93. The Bertz CT molecular complexity index is 1020. The zero-order valence-electron chi connectivity index (χ0n) is 19.2. The van der Waals surface area contributed by atoms with Crippen molar-refractivity contribution < 1.29 is 17.9 Å². The molecule has 0 aliphatic carbocycles. The van der Waals surface area contributed by atoms with Gasteiger partial charge >= 0.3 is 0 Å². The van der Waals surface area contributed by atoms with E-state index in [1.54, 1.807) is 31.4 Å². The van der Waals surface area contributed by atoms with Crippen LogP contribution in [0.3, 0.4) is 0 Å². The second-order valence-electron chi connectivity index (χ2n) is 8.87. The van der Waals surface area contributed by atoms with Crippen molar-refractivity contribution in [1.29, 1.82) is 0 Å². The molecule has 0 saturated carbocycles. The first-order valence-electron chi connectivity index (χ1n) is 11.7. The van der Waals surface area contributed by atoms with E-state index in [1.807, 2.05) is 0 Å². The maximum absolute atomic E-state index is 12.9. The number of nitrogens with one attached hydrogen (secondary N) is 1. The normalized spacial score (nSPS) is 18.3. The molecule has 0 aromatic heterocycles. The molecule has 33 heavy (non-hydrogen) atoms. The van der Waals surface area contributed by atoms with Crippen molar-refractivity contribution in [3.05, 3.63) is 59.7 Å². The van der Waals surface area contributed by atoms with Gasteiger partial charge in [-0.25, -0.2) is 8.42 Å². The van der Waals surface area contributed by atoms with E-state index in [1.165, 1.54) is 35.8 Å². The topological polar surface area (TPSA) is 79.0 Å². The number of likely N-dealkylation sites (tertiary alicyclic amines) is 1. The van der Waals surface area contributed by atoms with Crippen molar-refractivity contribution in [3.63, 3.8) is 0 Å². The number of nitrogens with zero attached hydrogens (tertiary/aromatic N) is 2. The Kier molecular flexibility index (Phi) is 7.67. The minimum absolute atomic E-state index is 0.00219. The average Bonchev–Trinajstić information content (AvgIpc) is 3.36. The molecule has 4 rings (SSSR count). The highest BCUT2D eigenvalue weighted by Crippen LogP contribution is 2.25. The quantitative estimate of drug-likeness (QED) is 0.640. The van der Waals surface area contributed by atoms with E-state index in [2.05, 4.69) is 34.5 Å². The van der Waals surface area contributed by atoms with Gasteiger partial charge in [0.2, 0.25) is 15.9 Å². The Morgan fingerprint density at radius 3 is 2.15 bits per heavy atom. The van der Waals surface area contributed by atoms with Gasteiger partial charge in [0.15, 0.2) is 0 Å². The smallest absolute Gasteiger partial charge is 0.243 e. The summed E-state index contributed by atoms with van der Waals surface area (Å²) in [6.45, 7) is 4.53. The molecule has 2 fully saturated rings. The predicted octanol–water partition coefficient (Wildman–Crippen LogP) is 3.01. The van der Waals surface area contributed by atoms with Gasteiger partial charge in [0.25, 0.3) is 0 Å². The van der Waals surface area contributed by atoms with Crippen LogP contribution in [0.15, 0.2) is 53.4 Å². The van der Waals surface area contributed by atoms with Gasteiger partial charge in [-0.05, 0) is 74.2 Å². The number of sulfonamides is 1. The molecule has 2 aromatic carbocycles. The number of ether oxygens (including phenoxy) is 1. The Morgan fingerprint density at radius 2 is 1.55 bits per heavy atom. The molecule has 0 spiro atoms. The third-order valence-corrected chi connectivity index (χ3v) is 8.53. The molecule has 2 heterocycles. The molecule has 8 heteroatoms. The number of rotatable bonds is 8. The van der Waals surface area contributed by atoms with Crippen LogP contribution in [0.1, 0.15) is 36.8 Å². The molecule has 0 bridgehead atoms. The fourth-order valence-corrected chi connectivity index (χ4v) is 6.02. The molecule has 0 unspecified atom stereocenters. The van der Waals surface area contributed by atoms with E-state index >= 15 is 0 Å². The number of carbonyl (C=O) groups is 1. The van der Waals surface area contributed by atoms with E-state index < -0.39 is 10.0 Å². The summed E-state index contributed by atoms with van der Waals surface area (Å²) < 4.78 is 32.4. The number of piperidine rings is 1. The Labute approximate surface area is 196 Å². The lowest BCUT2D eigenvalue weighted by atomic mass is 9.97. The maximum Gasteiger partial charge on any atom is 0.243 e. The Balaban J connectivity index is 1.24. The van der Waals surface area contributed by atoms with Crippen LogP contribution in [0.2, 0.25) is 0 Å². The molecule has 178 valence electrons. The maximum atomic E-state index is 12.9. The van der Waals surface area contributed by atoms with Gasteiger partial charge in [-0.3, -0.25) is 9.69 Å². The molecule has 1 amide bonds. The van der Waals surface area contributed by atoms with Crippen LogP contribution < -0.4 is 10.1 Å². The predicted molar refractivity (Wildman–Crippen MR) is 127 cm³/mol. The van der Waals surface area contributed by atoms with E-state index in [0.717, 1.165) is 12.1 Å². The first-order chi connectivity index (χ1) is 16.0. The fraction of sp³-hybridized carbons (Fsp3) is 0.480. The van der Waals surface area contributed by atoms with Gasteiger partial charge in [0, 0.05) is 32.1 Å². The number of hydrogen-bond acceptors (Lipinski definition) is 5. The van der Waals surface area contributed by atoms with Gasteiger partial charge in [-0.1, -0.05) is 24.3 Å². The van der Waals surface area contributed by atoms with E-state index in [0.29, 0.717) is 38.2 Å². The number of benzene rings is 2. The lowest BCUT2D eigenvalue weighted by molar-refractivity contribution is -0.126. The molecule has 0 atom stereocenters. The third-order valence-electron chi connectivity index (χ3n) is 6.62. The number of hydrogen-bond donors (Lipinski definition) is 1. The minimum atomic E-state index is -3.56. The average molecular weight is 472 g/mol. The molecule has 0 radical (unpaired) electrons. The van der Waals surface area contributed by atoms with Crippen LogP contribution in [0.25, 0.3) is 0 Å². The number of methoxy groups -OCH3 is 1. The van der Waals surface area contributed by atoms with Gasteiger partial charge < -0.3 is 10.1 Å². The molecule has 2 saturated heterocycles. The molecule has 2 aromatic rings. The SMILES string of the molecule is COc1ccc(S(=O)(=O)N2CCC(C(=O)NCc3ccc(CN4CCCC4)cc3)CC2)cc1. The van der Waals surface area contributed by atoms with E-state index in [4.69, 9.17) is 4.74 Å². The second-order valence-corrected chi connectivity index (χ2v) is 10.8. The summed E-state index contributed by atoms with van der Waals surface area (Å²) >= 11 is 0. The summed E-state index contributed by atoms with van der Waals surface area (Å²) in [5, 5.41) is 3.03. The van der Waals surface area contributed by atoms with Gasteiger partial charge in [-0.2, -0.15) is 4.31 Å². The van der Waals surface area contributed by atoms with Crippen LogP contribution in [-0.2, 0) is 27.9 Å². The van der Waals surface area contributed by atoms with Crippen molar-refractivity contribution in [2.24, 2.45) is 5.92 Å². The highest BCUT2D eigenvalue weighted by Gasteiger charge is 2.32. The number of amides is 1. The van der Waals surface area contributed by atoms with E-state index in [9.17, 15) is 13.2 Å². The summed E-state index contributed by atoms with van der Waals surface area (Å²) in [6, 6.07) is 14.8. The van der Waals surface area contributed by atoms with Gasteiger partial charge in [0.1, 0.15) is 5.75 Å². The van der Waals surface area contributed by atoms with Crippen molar-refractivity contribution in [1.82, 2.24) is 14.5 Å². The first-order valence-corrected chi connectivity index (χ1v) is 13.1. The second kappa shape index (κ2) is 10.7. The highest BCUT2D eigenvalue weighted by atomic mass is 32.2. The molecular formula is C25H33N3O4S. The van der Waals surface area contributed by atoms with Crippen molar-refractivity contribution in [2.75, 3.05) is 33.3 Å².